The van der Waals surface area contributed by atoms with Crippen molar-refractivity contribution in [2.24, 2.45) is 0 Å². The minimum Gasteiger partial charge on any atom is -0.481 e. The summed E-state index contributed by atoms with van der Waals surface area (Å²) in [6, 6.07) is 15.1. The van der Waals surface area contributed by atoms with Crippen LogP contribution in [0.4, 0.5) is 0 Å². The summed E-state index contributed by atoms with van der Waals surface area (Å²) in [5.41, 5.74) is 8.50. The smallest absolute Gasteiger partial charge is 0.279 e. The number of aryl methyl sites for hydroxylation is 1. The van der Waals surface area contributed by atoms with Crippen LogP contribution < -0.4 is 15.6 Å². The number of nitrogens with zero attached hydrogens (tertiary/aromatic N) is 1. The highest BCUT2D eigenvalue weighted by Crippen LogP contribution is 2.21. The van der Waals surface area contributed by atoms with Gasteiger partial charge in [0.25, 0.3) is 5.91 Å². The van der Waals surface area contributed by atoms with Crippen molar-refractivity contribution < 1.29 is 14.3 Å². The number of hydrogen-bond acceptors (Lipinski definition) is 4. The zero-order valence-corrected chi connectivity index (χ0v) is 16.2. The Labute approximate surface area is 163 Å². The van der Waals surface area contributed by atoms with E-state index in [1.165, 1.54) is 0 Å². The van der Waals surface area contributed by atoms with Gasteiger partial charge in [-0.2, -0.15) is 0 Å². The number of hydrazine groups is 1. The molecule has 0 aliphatic heterocycles. The number of ether oxygens (including phenoxy) is 1. The number of amides is 2. The van der Waals surface area contributed by atoms with Crippen molar-refractivity contribution in [1.29, 1.82) is 0 Å². The molecule has 2 amide bonds. The van der Waals surface area contributed by atoms with Gasteiger partial charge in [-0.1, -0.05) is 36.4 Å². The molecule has 1 aromatic heterocycles. The van der Waals surface area contributed by atoms with E-state index < -0.39 is 12.0 Å². The maximum Gasteiger partial charge on any atom is 0.279 e. The third-order valence-corrected chi connectivity index (χ3v) is 4.62. The summed E-state index contributed by atoms with van der Waals surface area (Å²) in [5.74, 6) is -0.105. The first-order valence-corrected chi connectivity index (χ1v) is 9.10. The average Bonchev–Trinajstić information content (AvgIpc) is 2.70. The minimum absolute atomic E-state index is 0.112. The van der Waals surface area contributed by atoms with Gasteiger partial charge in [-0.05, 0) is 49.6 Å². The molecule has 6 nitrogen and oxygen atoms in total. The van der Waals surface area contributed by atoms with Crippen molar-refractivity contribution in [3.63, 3.8) is 0 Å². The van der Waals surface area contributed by atoms with Crippen LogP contribution in [0, 0.1) is 13.8 Å². The van der Waals surface area contributed by atoms with E-state index in [2.05, 4.69) is 15.8 Å². The molecule has 1 atom stereocenters. The Morgan fingerprint density at radius 2 is 1.79 bits per heavy atom. The quantitative estimate of drug-likeness (QED) is 0.670. The predicted molar refractivity (Wildman–Crippen MR) is 108 cm³/mol. The molecule has 0 aliphatic rings. The van der Waals surface area contributed by atoms with Crippen LogP contribution in [0.2, 0.25) is 0 Å². The molecular formula is C22H23N3O3. The van der Waals surface area contributed by atoms with Gasteiger partial charge in [-0.3, -0.25) is 25.4 Å². The molecule has 0 spiro atoms. The van der Waals surface area contributed by atoms with Crippen molar-refractivity contribution in [3.05, 3.63) is 71.4 Å². The summed E-state index contributed by atoms with van der Waals surface area (Å²) in [6.45, 7) is 5.56. The Hall–Kier alpha value is -3.41. The van der Waals surface area contributed by atoms with Gasteiger partial charge in [0.05, 0.1) is 11.9 Å². The lowest BCUT2D eigenvalue weighted by molar-refractivity contribution is -0.132. The number of rotatable bonds is 5. The Morgan fingerprint density at radius 3 is 2.61 bits per heavy atom. The summed E-state index contributed by atoms with van der Waals surface area (Å²) in [7, 11) is 0. The van der Waals surface area contributed by atoms with Crippen LogP contribution in [0.15, 0.2) is 54.7 Å². The molecule has 1 heterocycles. The number of para-hydroxylation sites is 1. The number of pyridine rings is 1. The molecule has 1 unspecified atom stereocenters. The molecule has 28 heavy (non-hydrogen) atoms. The van der Waals surface area contributed by atoms with Gasteiger partial charge in [-0.15, -0.1) is 0 Å². The monoisotopic (exact) mass is 377 g/mol. The van der Waals surface area contributed by atoms with E-state index >= 15 is 0 Å². The molecule has 3 aromatic rings. The Kier molecular flexibility index (Phi) is 5.89. The Bertz CT molecular complexity index is 1010. The minimum atomic E-state index is -0.750. The zero-order valence-electron chi connectivity index (χ0n) is 16.2. The van der Waals surface area contributed by atoms with Gasteiger partial charge in [0.2, 0.25) is 5.91 Å². The molecule has 0 saturated carbocycles. The number of nitrogens with one attached hydrogen (secondary N) is 2. The van der Waals surface area contributed by atoms with Gasteiger partial charge >= 0.3 is 0 Å². The number of carbonyl (C=O) groups is 2. The van der Waals surface area contributed by atoms with E-state index in [1.54, 1.807) is 13.1 Å². The topological polar surface area (TPSA) is 80.3 Å². The first-order chi connectivity index (χ1) is 13.5. The summed E-state index contributed by atoms with van der Waals surface area (Å²) in [6.07, 6.45) is 1.05. The predicted octanol–water partition coefficient (Wildman–Crippen LogP) is 3.01. The Morgan fingerprint density at radius 1 is 1.04 bits per heavy atom. The maximum absolute atomic E-state index is 12.2. The number of aromatic nitrogens is 1. The van der Waals surface area contributed by atoms with E-state index in [1.807, 2.05) is 62.4 Å². The van der Waals surface area contributed by atoms with Crippen LogP contribution in [-0.4, -0.2) is 22.9 Å². The van der Waals surface area contributed by atoms with Crippen molar-refractivity contribution in [2.45, 2.75) is 33.3 Å². The van der Waals surface area contributed by atoms with Gasteiger partial charge in [0, 0.05) is 11.6 Å². The van der Waals surface area contributed by atoms with Crippen molar-refractivity contribution >= 4 is 22.7 Å². The highest BCUT2D eigenvalue weighted by atomic mass is 16.5. The van der Waals surface area contributed by atoms with E-state index in [-0.39, 0.29) is 12.3 Å². The SMILES string of the molecule is Cc1cccc(OC(C)C(=O)NNC(=O)Cc2cccc3cccnc23)c1C. The van der Waals surface area contributed by atoms with Crippen LogP contribution in [0.1, 0.15) is 23.6 Å². The van der Waals surface area contributed by atoms with E-state index in [9.17, 15) is 9.59 Å². The molecule has 0 aliphatic carbocycles. The lowest BCUT2D eigenvalue weighted by Crippen LogP contribution is -2.47. The van der Waals surface area contributed by atoms with Gasteiger partial charge in [0.1, 0.15) is 5.75 Å². The van der Waals surface area contributed by atoms with Gasteiger partial charge in [0.15, 0.2) is 6.10 Å². The Balaban J connectivity index is 1.56. The number of hydrogen-bond donors (Lipinski definition) is 2. The normalized spacial score (nSPS) is 11.7. The van der Waals surface area contributed by atoms with Crippen molar-refractivity contribution in [2.75, 3.05) is 0 Å². The molecular weight excluding hydrogens is 354 g/mol. The second kappa shape index (κ2) is 8.52. The largest absolute Gasteiger partial charge is 0.481 e. The fourth-order valence-electron chi connectivity index (χ4n) is 2.86. The molecule has 6 heteroatoms. The van der Waals surface area contributed by atoms with E-state index in [4.69, 9.17) is 4.74 Å². The molecule has 3 rings (SSSR count). The number of fused-ring (bicyclic) bond motifs is 1. The number of benzene rings is 2. The summed E-state index contributed by atoms with van der Waals surface area (Å²) in [5, 5.41) is 0.965. The zero-order chi connectivity index (χ0) is 20.1. The van der Waals surface area contributed by atoms with Gasteiger partial charge in [-0.25, -0.2) is 0 Å². The summed E-state index contributed by atoms with van der Waals surface area (Å²) < 4.78 is 5.72. The number of carbonyl (C=O) groups excluding carboxylic acids is 2. The van der Waals surface area contributed by atoms with Crippen LogP contribution in [0.25, 0.3) is 10.9 Å². The third kappa shape index (κ3) is 4.46. The van der Waals surface area contributed by atoms with E-state index in [0.717, 1.165) is 27.6 Å². The second-order valence-electron chi connectivity index (χ2n) is 6.66. The summed E-state index contributed by atoms with van der Waals surface area (Å²) >= 11 is 0. The molecule has 2 aromatic carbocycles. The van der Waals surface area contributed by atoms with Crippen molar-refractivity contribution in [3.8, 4) is 5.75 Å². The lowest BCUT2D eigenvalue weighted by Gasteiger charge is -2.17. The van der Waals surface area contributed by atoms with Crippen LogP contribution in [-0.2, 0) is 16.0 Å². The van der Waals surface area contributed by atoms with Crippen LogP contribution in [0.5, 0.6) is 5.75 Å². The van der Waals surface area contributed by atoms with Crippen molar-refractivity contribution in [1.82, 2.24) is 15.8 Å². The highest BCUT2D eigenvalue weighted by Gasteiger charge is 2.17. The first-order valence-electron chi connectivity index (χ1n) is 9.10. The molecule has 2 N–H and O–H groups in total. The van der Waals surface area contributed by atoms with Crippen LogP contribution >= 0.6 is 0 Å². The highest BCUT2D eigenvalue weighted by molar-refractivity contribution is 5.89. The molecule has 144 valence electrons. The second-order valence-corrected chi connectivity index (χ2v) is 6.66. The fraction of sp³-hybridized carbons (Fsp3) is 0.227. The third-order valence-electron chi connectivity index (χ3n) is 4.62. The van der Waals surface area contributed by atoms with E-state index in [0.29, 0.717) is 5.75 Å². The van der Waals surface area contributed by atoms with Gasteiger partial charge < -0.3 is 4.74 Å². The molecule has 0 saturated heterocycles. The molecule has 0 bridgehead atoms. The standard InChI is InChI=1S/C22H23N3O3/c1-14-7-4-11-19(15(14)2)28-16(3)22(27)25-24-20(26)13-18-9-5-8-17-10-6-12-23-21(17)18/h4-12,16H,13H2,1-3H3,(H,24,26)(H,25,27). The average molecular weight is 377 g/mol. The molecule has 0 fully saturated rings. The fourth-order valence-corrected chi connectivity index (χ4v) is 2.86. The molecule has 0 radical (unpaired) electrons. The maximum atomic E-state index is 12.2. The lowest BCUT2D eigenvalue weighted by atomic mass is 10.1. The summed E-state index contributed by atoms with van der Waals surface area (Å²) in [4.78, 5) is 28.8. The first kappa shape index (κ1) is 19.4. The van der Waals surface area contributed by atoms with Crippen LogP contribution in [0.3, 0.4) is 0 Å².